The molecule has 0 radical (unpaired) electrons. The number of nitrogens with one attached hydrogen (secondary N) is 1. The van der Waals surface area contributed by atoms with Crippen molar-refractivity contribution in [3.63, 3.8) is 0 Å². The van der Waals surface area contributed by atoms with Gasteiger partial charge in [0.2, 0.25) is 0 Å². The lowest BCUT2D eigenvalue weighted by Gasteiger charge is -2.12. The molecule has 30 heavy (non-hydrogen) atoms. The highest BCUT2D eigenvalue weighted by Crippen LogP contribution is 2.26. The van der Waals surface area contributed by atoms with Gasteiger partial charge in [-0.25, -0.2) is 0 Å². The van der Waals surface area contributed by atoms with E-state index in [4.69, 9.17) is 21.7 Å². The predicted molar refractivity (Wildman–Crippen MR) is 122 cm³/mol. The normalized spacial score (nSPS) is 15.0. The Labute approximate surface area is 180 Å². The molecule has 0 aromatic heterocycles. The fourth-order valence-electron chi connectivity index (χ4n) is 3.44. The van der Waals surface area contributed by atoms with Gasteiger partial charge < -0.3 is 14.8 Å². The van der Waals surface area contributed by atoms with Gasteiger partial charge in [0.15, 0.2) is 5.11 Å². The Morgan fingerprint density at radius 1 is 1.07 bits per heavy atom. The van der Waals surface area contributed by atoms with E-state index in [1.165, 1.54) is 10.3 Å². The van der Waals surface area contributed by atoms with E-state index in [-0.39, 0.29) is 5.91 Å². The lowest BCUT2D eigenvalue weighted by atomic mass is 10.1. The first-order valence-electron chi connectivity index (χ1n) is 9.72. The molecule has 4 rings (SSSR count). The molecule has 1 amide bonds. The summed E-state index contributed by atoms with van der Waals surface area (Å²) < 4.78 is 11.5. The van der Waals surface area contributed by atoms with Crippen LogP contribution in [0.25, 0.3) is 16.8 Å². The lowest BCUT2D eigenvalue weighted by Crippen LogP contribution is -2.30. The van der Waals surface area contributed by atoms with Crippen molar-refractivity contribution in [2.75, 3.05) is 13.7 Å². The first-order valence-corrected chi connectivity index (χ1v) is 10.1. The number of thiocarbonyl (C=S) groups is 1. The van der Waals surface area contributed by atoms with Crippen LogP contribution < -0.4 is 14.8 Å². The smallest absolute Gasteiger partial charge is 0.276 e. The largest absolute Gasteiger partial charge is 0.496 e. The van der Waals surface area contributed by atoms with E-state index in [1.54, 1.807) is 13.2 Å². The number of carbonyl (C=O) groups is 1. The summed E-state index contributed by atoms with van der Waals surface area (Å²) in [6.07, 6.45) is 1.79. The van der Waals surface area contributed by atoms with E-state index >= 15 is 0 Å². The Morgan fingerprint density at radius 2 is 1.87 bits per heavy atom. The van der Waals surface area contributed by atoms with Gasteiger partial charge in [-0.05, 0) is 65.8 Å². The van der Waals surface area contributed by atoms with E-state index in [9.17, 15) is 4.79 Å². The number of rotatable bonds is 6. The molecule has 1 aliphatic heterocycles. The Balaban J connectivity index is 1.56. The van der Waals surface area contributed by atoms with Gasteiger partial charge in [-0.1, -0.05) is 36.4 Å². The summed E-state index contributed by atoms with van der Waals surface area (Å²) in [6, 6.07) is 19.9. The number of fused-ring (bicyclic) bond motifs is 1. The minimum absolute atomic E-state index is 0.118. The summed E-state index contributed by atoms with van der Waals surface area (Å²) in [7, 11) is 1.63. The van der Waals surface area contributed by atoms with Crippen molar-refractivity contribution in [2.45, 2.75) is 13.5 Å². The Kier molecular flexibility index (Phi) is 5.68. The van der Waals surface area contributed by atoms with E-state index in [0.29, 0.717) is 24.0 Å². The lowest BCUT2D eigenvalue weighted by molar-refractivity contribution is -0.122. The maximum atomic E-state index is 12.4. The van der Waals surface area contributed by atoms with Crippen LogP contribution >= 0.6 is 12.2 Å². The van der Waals surface area contributed by atoms with Crippen molar-refractivity contribution in [3.8, 4) is 11.5 Å². The van der Waals surface area contributed by atoms with Gasteiger partial charge in [0.05, 0.1) is 7.11 Å². The van der Waals surface area contributed by atoms with Crippen molar-refractivity contribution < 1.29 is 14.3 Å². The predicted octanol–water partition coefficient (Wildman–Crippen LogP) is 4.50. The molecular weight excluding hydrogens is 396 g/mol. The molecule has 1 fully saturated rings. The fourth-order valence-corrected chi connectivity index (χ4v) is 3.77. The molecule has 0 aliphatic carbocycles. The third-order valence-electron chi connectivity index (χ3n) is 5.01. The van der Waals surface area contributed by atoms with Crippen LogP contribution in [0.4, 0.5) is 0 Å². The average molecular weight is 419 g/mol. The van der Waals surface area contributed by atoms with Gasteiger partial charge in [0.1, 0.15) is 23.8 Å². The number of methoxy groups -OCH3 is 1. The van der Waals surface area contributed by atoms with E-state index in [1.807, 2.05) is 55.5 Å². The number of hydrogen-bond donors (Lipinski definition) is 1. The highest BCUT2D eigenvalue weighted by molar-refractivity contribution is 7.80. The zero-order valence-electron chi connectivity index (χ0n) is 16.8. The van der Waals surface area contributed by atoms with Crippen LogP contribution in [0.5, 0.6) is 11.5 Å². The van der Waals surface area contributed by atoms with Crippen molar-refractivity contribution >= 4 is 40.1 Å². The minimum Gasteiger partial charge on any atom is -0.496 e. The maximum absolute atomic E-state index is 12.4. The molecule has 1 saturated heterocycles. The summed E-state index contributed by atoms with van der Waals surface area (Å²) in [5.41, 5.74) is 2.22. The summed E-state index contributed by atoms with van der Waals surface area (Å²) in [6.45, 7) is 2.78. The fraction of sp³-hybridized carbons (Fsp3) is 0.167. The number of amides is 1. The van der Waals surface area contributed by atoms with Gasteiger partial charge in [-0.3, -0.25) is 9.69 Å². The molecule has 0 atom stereocenters. The van der Waals surface area contributed by atoms with Crippen LogP contribution in [0.3, 0.4) is 0 Å². The van der Waals surface area contributed by atoms with Crippen LogP contribution in [0.15, 0.2) is 66.4 Å². The Bertz CT molecular complexity index is 1160. The molecule has 152 valence electrons. The first-order chi connectivity index (χ1) is 14.6. The number of likely N-dealkylation sites (N-methyl/N-ethyl adjacent to an activating group) is 1. The maximum Gasteiger partial charge on any atom is 0.276 e. The second kappa shape index (κ2) is 8.55. The van der Waals surface area contributed by atoms with E-state index in [0.717, 1.165) is 28.0 Å². The van der Waals surface area contributed by atoms with Crippen molar-refractivity contribution in [2.24, 2.45) is 0 Å². The zero-order valence-corrected chi connectivity index (χ0v) is 17.7. The second-order valence-corrected chi connectivity index (χ2v) is 7.29. The molecule has 6 heteroatoms. The Morgan fingerprint density at radius 3 is 2.60 bits per heavy atom. The van der Waals surface area contributed by atoms with Gasteiger partial charge in [-0.15, -0.1) is 0 Å². The molecule has 3 aromatic carbocycles. The summed E-state index contributed by atoms with van der Waals surface area (Å²) in [5, 5.41) is 5.71. The molecule has 5 nitrogen and oxygen atoms in total. The van der Waals surface area contributed by atoms with Crippen LogP contribution in [-0.2, 0) is 11.4 Å². The number of nitrogens with zero attached hydrogens (tertiary/aromatic N) is 1. The summed E-state index contributed by atoms with van der Waals surface area (Å²) in [4.78, 5) is 14.0. The standard InChI is InChI=1S/C24H22N2O3S/c1-3-26-23(27)21(25-24(26)30)13-16-8-11-22(28-2)19(12-16)15-29-20-10-9-17-6-4-5-7-18(17)14-20/h4-14H,3,15H2,1-2H3,(H,25,30)/b21-13+. The second-order valence-electron chi connectivity index (χ2n) is 6.91. The average Bonchev–Trinajstić information content (AvgIpc) is 3.04. The van der Waals surface area contributed by atoms with Gasteiger partial charge in [0, 0.05) is 12.1 Å². The molecule has 1 N–H and O–H groups in total. The van der Waals surface area contributed by atoms with E-state index in [2.05, 4.69) is 17.4 Å². The Hall–Kier alpha value is -3.38. The summed E-state index contributed by atoms with van der Waals surface area (Å²) in [5.74, 6) is 1.40. The zero-order chi connectivity index (χ0) is 21.1. The highest BCUT2D eigenvalue weighted by Gasteiger charge is 2.29. The minimum atomic E-state index is -0.118. The molecule has 1 heterocycles. The summed E-state index contributed by atoms with van der Waals surface area (Å²) >= 11 is 5.22. The SMILES string of the molecule is CCN1C(=O)/C(=C\c2ccc(OC)c(COc3ccc4ccccc4c3)c2)NC1=S. The topological polar surface area (TPSA) is 50.8 Å². The molecule has 1 aliphatic rings. The molecular formula is C24H22N2O3S. The number of hydrogen-bond acceptors (Lipinski definition) is 4. The van der Waals surface area contributed by atoms with Crippen molar-refractivity contribution in [1.29, 1.82) is 0 Å². The van der Waals surface area contributed by atoms with Crippen LogP contribution in [-0.4, -0.2) is 29.6 Å². The third-order valence-corrected chi connectivity index (χ3v) is 5.33. The van der Waals surface area contributed by atoms with Crippen LogP contribution in [0, 0.1) is 0 Å². The molecule has 0 spiro atoms. The number of ether oxygens (including phenoxy) is 2. The van der Waals surface area contributed by atoms with Gasteiger partial charge in [-0.2, -0.15) is 0 Å². The van der Waals surface area contributed by atoms with Crippen LogP contribution in [0.2, 0.25) is 0 Å². The number of benzene rings is 3. The van der Waals surface area contributed by atoms with E-state index < -0.39 is 0 Å². The molecule has 3 aromatic rings. The van der Waals surface area contributed by atoms with Crippen LogP contribution in [0.1, 0.15) is 18.1 Å². The monoisotopic (exact) mass is 418 g/mol. The van der Waals surface area contributed by atoms with Crippen molar-refractivity contribution in [1.82, 2.24) is 10.2 Å². The molecule has 0 saturated carbocycles. The van der Waals surface area contributed by atoms with Gasteiger partial charge in [0.25, 0.3) is 5.91 Å². The highest BCUT2D eigenvalue weighted by atomic mass is 32.1. The third kappa shape index (κ3) is 4.00. The molecule has 0 unspecified atom stereocenters. The van der Waals surface area contributed by atoms with Gasteiger partial charge >= 0.3 is 0 Å². The van der Waals surface area contributed by atoms with Crippen molar-refractivity contribution in [3.05, 3.63) is 77.5 Å². The first kappa shape index (κ1) is 19.9. The molecule has 0 bridgehead atoms. The quantitative estimate of drug-likeness (QED) is 0.472. The number of carbonyl (C=O) groups excluding carboxylic acids is 1.